The Labute approximate surface area is 113 Å². The van der Waals surface area contributed by atoms with Gasteiger partial charge in [0.2, 0.25) is 0 Å². The van der Waals surface area contributed by atoms with Crippen LogP contribution in [0.4, 0.5) is 0 Å². The van der Waals surface area contributed by atoms with Crippen molar-refractivity contribution in [1.29, 1.82) is 0 Å². The molecule has 0 bridgehead atoms. The maximum Gasteiger partial charge on any atom is 0.268 e. The van der Waals surface area contributed by atoms with E-state index in [1.165, 1.54) is 17.7 Å². The van der Waals surface area contributed by atoms with Gasteiger partial charge >= 0.3 is 0 Å². The van der Waals surface area contributed by atoms with Crippen molar-refractivity contribution in [3.8, 4) is 16.2 Å². The SMILES string of the molecule is COc1ccc(C)cc1-c1cc2nc[nH]c(=O)c2s1. The summed E-state index contributed by atoms with van der Waals surface area (Å²) in [6, 6.07) is 7.91. The van der Waals surface area contributed by atoms with Crippen LogP contribution in [0.2, 0.25) is 0 Å². The average Bonchev–Trinajstić information content (AvgIpc) is 2.84. The number of hydrogen-bond acceptors (Lipinski definition) is 4. The highest BCUT2D eigenvalue weighted by Gasteiger charge is 2.12. The summed E-state index contributed by atoms with van der Waals surface area (Å²) in [4.78, 5) is 19.5. The minimum absolute atomic E-state index is 0.104. The Kier molecular flexibility index (Phi) is 2.83. The fourth-order valence-corrected chi connectivity index (χ4v) is 3.04. The van der Waals surface area contributed by atoms with Gasteiger partial charge in [-0.2, -0.15) is 0 Å². The molecule has 4 nitrogen and oxygen atoms in total. The van der Waals surface area contributed by atoms with E-state index >= 15 is 0 Å². The predicted octanol–water partition coefficient (Wildman–Crippen LogP) is 2.97. The molecule has 0 saturated heterocycles. The van der Waals surface area contributed by atoms with Crippen molar-refractivity contribution < 1.29 is 4.74 Å². The van der Waals surface area contributed by atoms with Crippen molar-refractivity contribution >= 4 is 21.6 Å². The zero-order chi connectivity index (χ0) is 13.4. The van der Waals surface area contributed by atoms with Gasteiger partial charge in [-0.15, -0.1) is 11.3 Å². The van der Waals surface area contributed by atoms with Crippen LogP contribution in [0, 0.1) is 6.92 Å². The van der Waals surface area contributed by atoms with Gasteiger partial charge in [0, 0.05) is 10.4 Å². The van der Waals surface area contributed by atoms with Crippen molar-refractivity contribution in [3.63, 3.8) is 0 Å². The third-order valence-electron chi connectivity index (χ3n) is 2.94. The molecule has 19 heavy (non-hydrogen) atoms. The second-order valence-corrected chi connectivity index (χ2v) is 5.31. The Morgan fingerprint density at radius 2 is 2.16 bits per heavy atom. The molecule has 3 rings (SSSR count). The summed E-state index contributed by atoms with van der Waals surface area (Å²) in [6.45, 7) is 2.03. The fourth-order valence-electron chi connectivity index (χ4n) is 2.01. The van der Waals surface area contributed by atoms with E-state index in [1.807, 2.05) is 25.1 Å². The lowest BCUT2D eigenvalue weighted by molar-refractivity contribution is 0.416. The number of methoxy groups -OCH3 is 1. The smallest absolute Gasteiger partial charge is 0.268 e. The summed E-state index contributed by atoms with van der Waals surface area (Å²) in [5.41, 5.74) is 2.75. The van der Waals surface area contributed by atoms with Crippen molar-refractivity contribution in [2.45, 2.75) is 6.92 Å². The van der Waals surface area contributed by atoms with Gasteiger partial charge < -0.3 is 9.72 Å². The summed E-state index contributed by atoms with van der Waals surface area (Å²) in [7, 11) is 1.65. The summed E-state index contributed by atoms with van der Waals surface area (Å²) < 4.78 is 6.02. The molecule has 0 unspecified atom stereocenters. The Morgan fingerprint density at radius 3 is 2.89 bits per heavy atom. The second-order valence-electron chi connectivity index (χ2n) is 4.26. The van der Waals surface area contributed by atoms with Crippen LogP contribution in [0.15, 0.2) is 35.4 Å². The topological polar surface area (TPSA) is 55.0 Å². The zero-order valence-electron chi connectivity index (χ0n) is 10.6. The number of nitrogens with one attached hydrogen (secondary N) is 1. The summed E-state index contributed by atoms with van der Waals surface area (Å²) in [6.07, 6.45) is 1.43. The molecule has 0 atom stereocenters. The van der Waals surface area contributed by atoms with Crippen LogP contribution in [0.3, 0.4) is 0 Å². The highest BCUT2D eigenvalue weighted by molar-refractivity contribution is 7.22. The Balaban J connectivity index is 2.27. The zero-order valence-corrected chi connectivity index (χ0v) is 11.4. The van der Waals surface area contributed by atoms with Crippen molar-refractivity contribution in [1.82, 2.24) is 9.97 Å². The number of hydrogen-bond donors (Lipinski definition) is 1. The van der Waals surface area contributed by atoms with Gasteiger partial charge in [-0.05, 0) is 25.1 Å². The molecule has 5 heteroatoms. The molecule has 0 amide bonds. The Hall–Kier alpha value is -2.14. The number of fused-ring (bicyclic) bond motifs is 1. The number of aromatic nitrogens is 2. The van der Waals surface area contributed by atoms with Gasteiger partial charge in [0.25, 0.3) is 5.56 Å². The predicted molar refractivity (Wildman–Crippen MR) is 77.0 cm³/mol. The van der Waals surface area contributed by atoms with E-state index in [-0.39, 0.29) is 5.56 Å². The number of aryl methyl sites for hydroxylation is 1. The lowest BCUT2D eigenvalue weighted by Crippen LogP contribution is -2.02. The lowest BCUT2D eigenvalue weighted by Gasteiger charge is -2.07. The monoisotopic (exact) mass is 272 g/mol. The maximum absolute atomic E-state index is 11.7. The molecule has 1 N–H and O–H groups in total. The summed E-state index contributed by atoms with van der Waals surface area (Å²) in [5, 5.41) is 0. The first kappa shape index (κ1) is 11.9. The standard InChI is InChI=1S/C14H12N2O2S/c1-8-3-4-11(18-2)9(5-8)12-6-10-13(19-12)14(17)16-7-15-10/h3-7H,1-2H3,(H,15,16,17). The lowest BCUT2D eigenvalue weighted by atomic mass is 10.1. The minimum Gasteiger partial charge on any atom is -0.496 e. The first-order chi connectivity index (χ1) is 9.19. The molecule has 0 aliphatic heterocycles. The van der Waals surface area contributed by atoms with E-state index in [9.17, 15) is 4.79 Å². The molecule has 0 aliphatic rings. The van der Waals surface area contributed by atoms with Crippen LogP contribution >= 0.6 is 11.3 Å². The first-order valence-electron chi connectivity index (χ1n) is 5.81. The van der Waals surface area contributed by atoms with Crippen LogP contribution in [0.5, 0.6) is 5.75 Å². The van der Waals surface area contributed by atoms with E-state index in [4.69, 9.17) is 4.74 Å². The molecule has 0 fully saturated rings. The Morgan fingerprint density at radius 1 is 1.32 bits per heavy atom. The van der Waals surface area contributed by atoms with Crippen molar-refractivity contribution in [3.05, 3.63) is 46.5 Å². The van der Waals surface area contributed by atoms with Gasteiger partial charge in [-0.3, -0.25) is 4.79 Å². The molecule has 0 saturated carbocycles. The number of nitrogens with zero attached hydrogens (tertiary/aromatic N) is 1. The number of aromatic amines is 1. The van der Waals surface area contributed by atoms with E-state index in [0.29, 0.717) is 10.2 Å². The third-order valence-corrected chi connectivity index (χ3v) is 4.09. The molecule has 0 radical (unpaired) electrons. The van der Waals surface area contributed by atoms with Gasteiger partial charge in [-0.1, -0.05) is 11.6 Å². The minimum atomic E-state index is -0.104. The van der Waals surface area contributed by atoms with Gasteiger partial charge in [0.1, 0.15) is 10.4 Å². The molecule has 3 aromatic rings. The van der Waals surface area contributed by atoms with Crippen LogP contribution < -0.4 is 10.3 Å². The molecule has 0 spiro atoms. The van der Waals surface area contributed by atoms with Crippen molar-refractivity contribution in [2.75, 3.05) is 7.11 Å². The number of benzene rings is 1. The summed E-state index contributed by atoms with van der Waals surface area (Å²) in [5.74, 6) is 0.800. The van der Waals surface area contributed by atoms with Crippen LogP contribution in [-0.2, 0) is 0 Å². The normalized spacial score (nSPS) is 10.8. The van der Waals surface area contributed by atoms with Crippen LogP contribution in [0.25, 0.3) is 20.7 Å². The van der Waals surface area contributed by atoms with E-state index < -0.39 is 0 Å². The molecule has 1 aromatic carbocycles. The Bertz CT molecular complexity index is 805. The average molecular weight is 272 g/mol. The fraction of sp³-hybridized carbons (Fsp3) is 0.143. The number of rotatable bonds is 2. The van der Waals surface area contributed by atoms with E-state index in [2.05, 4.69) is 16.0 Å². The highest BCUT2D eigenvalue weighted by Crippen LogP contribution is 2.36. The number of H-pyrrole nitrogens is 1. The van der Waals surface area contributed by atoms with Gasteiger partial charge in [0.15, 0.2) is 0 Å². The first-order valence-corrected chi connectivity index (χ1v) is 6.63. The summed E-state index contributed by atoms with van der Waals surface area (Å²) >= 11 is 1.43. The quantitative estimate of drug-likeness (QED) is 0.780. The molecular weight excluding hydrogens is 260 g/mol. The second kappa shape index (κ2) is 4.51. The van der Waals surface area contributed by atoms with Crippen LogP contribution in [0.1, 0.15) is 5.56 Å². The van der Waals surface area contributed by atoms with Crippen LogP contribution in [-0.4, -0.2) is 17.1 Å². The maximum atomic E-state index is 11.7. The largest absolute Gasteiger partial charge is 0.496 e. The molecular formula is C14H12N2O2S. The number of thiophene rings is 1. The molecule has 2 aromatic heterocycles. The molecule has 0 aliphatic carbocycles. The highest BCUT2D eigenvalue weighted by atomic mass is 32.1. The third kappa shape index (κ3) is 2.02. The number of ether oxygens (including phenoxy) is 1. The van der Waals surface area contributed by atoms with Gasteiger partial charge in [-0.25, -0.2) is 4.98 Å². The molecule has 96 valence electrons. The van der Waals surface area contributed by atoms with E-state index in [1.54, 1.807) is 7.11 Å². The molecule has 2 heterocycles. The van der Waals surface area contributed by atoms with E-state index in [0.717, 1.165) is 21.8 Å². The van der Waals surface area contributed by atoms with Gasteiger partial charge in [0.05, 0.1) is 19.0 Å². The van der Waals surface area contributed by atoms with Crippen molar-refractivity contribution in [2.24, 2.45) is 0 Å².